The third kappa shape index (κ3) is 2.25. The summed E-state index contributed by atoms with van der Waals surface area (Å²) in [6.45, 7) is 1.52. The molecule has 0 aliphatic carbocycles. The molecule has 0 radical (unpaired) electrons. The third-order valence-corrected chi connectivity index (χ3v) is 2.38. The lowest BCUT2D eigenvalue weighted by atomic mass is 9.98. The Morgan fingerprint density at radius 2 is 2.12 bits per heavy atom. The van der Waals surface area contributed by atoms with Gasteiger partial charge in [-0.05, 0) is 6.07 Å². The molecule has 0 spiro atoms. The van der Waals surface area contributed by atoms with Gasteiger partial charge in [-0.3, -0.25) is 0 Å². The summed E-state index contributed by atoms with van der Waals surface area (Å²) in [6.07, 6.45) is 0. The number of phenolic OH excluding ortho intramolecular Hbond substituents is 1. The summed E-state index contributed by atoms with van der Waals surface area (Å²) in [6, 6.07) is 2.56. The average molecular weight is 226 g/mol. The molecule has 0 saturated heterocycles. The molecule has 3 N–H and O–H groups in total. The molecule has 1 aromatic carbocycles. The smallest absolute Gasteiger partial charge is 0.339 e. The number of aromatic hydroxyl groups is 1. The lowest BCUT2D eigenvalue weighted by molar-refractivity contribution is 0.0693. The lowest BCUT2D eigenvalue weighted by Gasteiger charge is -2.13. The maximum Gasteiger partial charge on any atom is 0.339 e. The van der Waals surface area contributed by atoms with Crippen molar-refractivity contribution in [3.05, 3.63) is 23.3 Å². The molecule has 0 fully saturated rings. The van der Waals surface area contributed by atoms with E-state index < -0.39 is 5.97 Å². The van der Waals surface area contributed by atoms with Crippen LogP contribution in [-0.4, -0.2) is 35.0 Å². The Balaban J connectivity index is 3.33. The fraction of sp³-hybridized carbons (Fsp3) is 0.364. The number of hydrogen-bond donors (Lipinski definition) is 3. The van der Waals surface area contributed by atoms with E-state index in [1.54, 1.807) is 6.92 Å². The molecule has 0 aliphatic rings. The highest BCUT2D eigenvalue weighted by atomic mass is 16.5. The predicted molar refractivity (Wildman–Crippen MR) is 57.1 cm³/mol. The van der Waals surface area contributed by atoms with E-state index in [1.165, 1.54) is 19.2 Å². The van der Waals surface area contributed by atoms with Crippen molar-refractivity contribution in [2.45, 2.75) is 12.8 Å². The number of carbonyl (C=O) groups is 1. The number of carboxylic acid groups (broad SMARTS) is 1. The topological polar surface area (TPSA) is 87.0 Å². The standard InChI is InChI=1S/C11H14O5/c1-6(5-12)7-3-8(11(14)15)10(16-2)4-9(7)13/h3-4,6,12-13H,5H2,1-2H3,(H,14,15). The van der Waals surface area contributed by atoms with Crippen LogP contribution in [-0.2, 0) is 0 Å². The van der Waals surface area contributed by atoms with Crippen molar-refractivity contribution in [2.24, 2.45) is 0 Å². The molecule has 0 heterocycles. The zero-order valence-corrected chi connectivity index (χ0v) is 9.10. The minimum Gasteiger partial charge on any atom is -0.508 e. The molecule has 5 heteroatoms. The van der Waals surface area contributed by atoms with Crippen LogP contribution >= 0.6 is 0 Å². The summed E-state index contributed by atoms with van der Waals surface area (Å²) in [7, 11) is 1.33. The second-order valence-corrected chi connectivity index (χ2v) is 3.50. The number of methoxy groups -OCH3 is 1. The van der Waals surface area contributed by atoms with Gasteiger partial charge in [-0.15, -0.1) is 0 Å². The highest BCUT2D eigenvalue weighted by Crippen LogP contribution is 2.32. The van der Waals surface area contributed by atoms with Crippen molar-refractivity contribution in [1.82, 2.24) is 0 Å². The Labute approximate surface area is 92.9 Å². The van der Waals surface area contributed by atoms with Crippen molar-refractivity contribution >= 4 is 5.97 Å². The molecule has 0 aromatic heterocycles. The van der Waals surface area contributed by atoms with E-state index in [2.05, 4.69) is 0 Å². The van der Waals surface area contributed by atoms with Crippen LogP contribution in [0.5, 0.6) is 11.5 Å². The maximum absolute atomic E-state index is 10.9. The first kappa shape index (κ1) is 12.3. The van der Waals surface area contributed by atoms with Crippen LogP contribution in [0.15, 0.2) is 12.1 Å². The van der Waals surface area contributed by atoms with Gasteiger partial charge in [0.25, 0.3) is 0 Å². The van der Waals surface area contributed by atoms with Gasteiger partial charge in [-0.1, -0.05) is 6.92 Å². The van der Waals surface area contributed by atoms with Gasteiger partial charge in [0.05, 0.1) is 7.11 Å². The Kier molecular flexibility index (Phi) is 3.73. The summed E-state index contributed by atoms with van der Waals surface area (Å²) >= 11 is 0. The maximum atomic E-state index is 10.9. The largest absolute Gasteiger partial charge is 0.508 e. The fourth-order valence-electron chi connectivity index (χ4n) is 1.41. The number of ether oxygens (including phenoxy) is 1. The first-order valence-electron chi connectivity index (χ1n) is 4.76. The van der Waals surface area contributed by atoms with Gasteiger partial charge in [0.15, 0.2) is 0 Å². The molecule has 0 bridgehead atoms. The van der Waals surface area contributed by atoms with Gasteiger partial charge in [0.2, 0.25) is 0 Å². The number of carboxylic acids is 1. The van der Waals surface area contributed by atoms with Crippen LogP contribution < -0.4 is 4.74 Å². The lowest BCUT2D eigenvalue weighted by Crippen LogP contribution is -2.05. The third-order valence-electron chi connectivity index (χ3n) is 2.38. The molecule has 88 valence electrons. The quantitative estimate of drug-likeness (QED) is 0.718. The molecule has 0 amide bonds. The molecule has 0 saturated carbocycles. The highest BCUT2D eigenvalue weighted by Gasteiger charge is 2.18. The highest BCUT2D eigenvalue weighted by molar-refractivity contribution is 5.91. The molecule has 1 aromatic rings. The molecule has 1 unspecified atom stereocenters. The van der Waals surface area contributed by atoms with E-state index in [0.29, 0.717) is 5.56 Å². The number of phenols is 1. The molecule has 16 heavy (non-hydrogen) atoms. The zero-order valence-electron chi connectivity index (χ0n) is 9.10. The van der Waals surface area contributed by atoms with Gasteiger partial charge in [0, 0.05) is 24.2 Å². The normalized spacial score (nSPS) is 12.2. The summed E-state index contributed by atoms with van der Waals surface area (Å²) in [5.41, 5.74) is 0.358. The predicted octanol–water partition coefficient (Wildman–Crippen LogP) is 1.19. The zero-order chi connectivity index (χ0) is 12.3. The van der Waals surface area contributed by atoms with E-state index >= 15 is 0 Å². The van der Waals surface area contributed by atoms with Crippen LogP contribution in [0.1, 0.15) is 28.8 Å². The number of rotatable bonds is 4. The van der Waals surface area contributed by atoms with Crippen molar-refractivity contribution in [3.8, 4) is 11.5 Å². The Morgan fingerprint density at radius 1 is 1.50 bits per heavy atom. The van der Waals surface area contributed by atoms with Gasteiger partial charge in [-0.25, -0.2) is 4.79 Å². The summed E-state index contributed by atoms with van der Waals surface area (Å²) in [4.78, 5) is 10.9. The minimum absolute atomic E-state index is 0.0319. The Morgan fingerprint density at radius 3 is 2.56 bits per heavy atom. The molecular formula is C11H14O5. The van der Waals surface area contributed by atoms with Gasteiger partial charge in [-0.2, -0.15) is 0 Å². The summed E-state index contributed by atoms with van der Waals surface area (Å²) < 4.78 is 4.85. The van der Waals surface area contributed by atoms with Gasteiger partial charge < -0.3 is 20.1 Å². The van der Waals surface area contributed by atoms with E-state index in [0.717, 1.165) is 0 Å². The first-order chi connectivity index (χ1) is 7.51. The first-order valence-corrected chi connectivity index (χ1v) is 4.76. The van der Waals surface area contributed by atoms with Crippen LogP contribution in [0, 0.1) is 0 Å². The summed E-state index contributed by atoms with van der Waals surface area (Å²) in [5.74, 6) is -1.45. The monoisotopic (exact) mass is 226 g/mol. The van der Waals surface area contributed by atoms with E-state index in [9.17, 15) is 9.90 Å². The minimum atomic E-state index is -1.14. The number of benzene rings is 1. The van der Waals surface area contributed by atoms with Crippen LogP contribution in [0.4, 0.5) is 0 Å². The van der Waals surface area contributed by atoms with Crippen molar-refractivity contribution in [3.63, 3.8) is 0 Å². The van der Waals surface area contributed by atoms with Gasteiger partial charge in [0.1, 0.15) is 17.1 Å². The number of hydrogen-bond acceptors (Lipinski definition) is 4. The second-order valence-electron chi connectivity index (χ2n) is 3.50. The van der Waals surface area contributed by atoms with Crippen LogP contribution in [0.2, 0.25) is 0 Å². The molecule has 1 rings (SSSR count). The van der Waals surface area contributed by atoms with Crippen LogP contribution in [0.25, 0.3) is 0 Å². The number of aliphatic hydroxyl groups excluding tert-OH is 1. The SMILES string of the molecule is COc1cc(O)c(C(C)CO)cc1C(=O)O. The fourth-order valence-corrected chi connectivity index (χ4v) is 1.41. The molecule has 1 atom stereocenters. The van der Waals surface area contributed by atoms with Crippen molar-refractivity contribution in [1.29, 1.82) is 0 Å². The summed E-state index contributed by atoms with van der Waals surface area (Å²) in [5, 5.41) is 27.6. The van der Waals surface area contributed by atoms with Crippen LogP contribution in [0.3, 0.4) is 0 Å². The molecular weight excluding hydrogens is 212 g/mol. The molecule has 5 nitrogen and oxygen atoms in total. The molecule has 0 aliphatic heterocycles. The van der Waals surface area contributed by atoms with Gasteiger partial charge >= 0.3 is 5.97 Å². The average Bonchev–Trinajstić information content (AvgIpc) is 2.27. The van der Waals surface area contributed by atoms with E-state index in [1.807, 2.05) is 0 Å². The van der Waals surface area contributed by atoms with E-state index in [4.69, 9.17) is 14.9 Å². The second kappa shape index (κ2) is 4.85. The number of aromatic carboxylic acids is 1. The Hall–Kier alpha value is -1.75. The number of aliphatic hydroxyl groups is 1. The van der Waals surface area contributed by atoms with Crippen molar-refractivity contribution in [2.75, 3.05) is 13.7 Å². The Bertz CT molecular complexity index is 400. The van der Waals surface area contributed by atoms with Crippen molar-refractivity contribution < 1.29 is 24.9 Å². The van der Waals surface area contributed by atoms with E-state index in [-0.39, 0.29) is 29.6 Å².